The van der Waals surface area contributed by atoms with Crippen LogP contribution in [0.2, 0.25) is 0 Å². The summed E-state index contributed by atoms with van der Waals surface area (Å²) in [5.74, 6) is -0.168. The van der Waals surface area contributed by atoms with Crippen LogP contribution in [0.4, 0.5) is 11.7 Å². The van der Waals surface area contributed by atoms with Gasteiger partial charge < -0.3 is 20.0 Å². The van der Waals surface area contributed by atoms with Crippen LogP contribution < -0.4 is 16.3 Å². The Labute approximate surface area is 203 Å². The molecule has 35 heavy (non-hydrogen) atoms. The van der Waals surface area contributed by atoms with Crippen LogP contribution in [-0.4, -0.2) is 45.8 Å². The van der Waals surface area contributed by atoms with Gasteiger partial charge in [-0.1, -0.05) is 12.5 Å². The van der Waals surface area contributed by atoms with Gasteiger partial charge in [-0.3, -0.25) is 14.6 Å². The number of carbonyl (C=O) groups is 2. The number of likely N-dealkylation sites (N-methyl/N-ethyl adjacent to an activating group) is 1. The second kappa shape index (κ2) is 9.85. The molecule has 184 valence electrons. The van der Waals surface area contributed by atoms with Gasteiger partial charge in [0.05, 0.1) is 10.9 Å². The normalized spacial score (nSPS) is 13.8. The standard InChI is InChI=1S/C26H31N5O4/c1-16-19(28-22(32)17-8-7-9-17)11-12-20-21(16)23(33)35-25(29-20)30-26(2,3)24(34)31(4)15-13-18-10-5-6-14-27-18/h5-6,10-12,14,17H,7-9,13,15H2,1-4H3,(H,28,32)(H,29,30). The molecule has 1 aliphatic rings. The lowest BCUT2D eigenvalue weighted by Crippen LogP contribution is -2.49. The number of hydrogen-bond acceptors (Lipinski definition) is 7. The lowest BCUT2D eigenvalue weighted by molar-refractivity contribution is -0.133. The van der Waals surface area contributed by atoms with Gasteiger partial charge in [-0.05, 0) is 63.4 Å². The molecule has 0 spiro atoms. The van der Waals surface area contributed by atoms with E-state index in [1.54, 1.807) is 51.0 Å². The fourth-order valence-corrected chi connectivity index (χ4v) is 4.14. The van der Waals surface area contributed by atoms with E-state index in [-0.39, 0.29) is 23.7 Å². The summed E-state index contributed by atoms with van der Waals surface area (Å²) in [6.45, 7) is 5.67. The zero-order chi connectivity index (χ0) is 25.2. The number of nitrogens with one attached hydrogen (secondary N) is 2. The number of aromatic nitrogens is 2. The molecule has 9 heteroatoms. The third-order valence-corrected chi connectivity index (χ3v) is 6.52. The minimum Gasteiger partial charge on any atom is -0.389 e. The molecule has 3 aromatic rings. The van der Waals surface area contributed by atoms with Crippen molar-refractivity contribution in [3.05, 3.63) is 58.2 Å². The van der Waals surface area contributed by atoms with E-state index in [1.807, 2.05) is 18.2 Å². The van der Waals surface area contributed by atoms with E-state index in [1.165, 1.54) is 0 Å². The van der Waals surface area contributed by atoms with E-state index < -0.39 is 11.2 Å². The molecule has 2 aromatic heterocycles. The lowest BCUT2D eigenvalue weighted by atomic mass is 9.85. The Morgan fingerprint density at radius 2 is 1.97 bits per heavy atom. The number of carbonyl (C=O) groups excluding carboxylic acids is 2. The zero-order valence-corrected chi connectivity index (χ0v) is 20.6. The molecule has 4 rings (SSSR count). The summed E-state index contributed by atoms with van der Waals surface area (Å²) in [7, 11) is 1.72. The zero-order valence-electron chi connectivity index (χ0n) is 20.6. The molecule has 2 heterocycles. The van der Waals surface area contributed by atoms with Gasteiger partial charge in [0.25, 0.3) is 6.01 Å². The Kier molecular flexibility index (Phi) is 6.86. The van der Waals surface area contributed by atoms with Crippen LogP contribution in [0.15, 0.2) is 45.7 Å². The largest absolute Gasteiger partial charge is 0.389 e. The summed E-state index contributed by atoms with van der Waals surface area (Å²) in [5.41, 5.74) is 0.859. The summed E-state index contributed by atoms with van der Waals surface area (Å²) in [6, 6.07) is 9.06. The van der Waals surface area contributed by atoms with Gasteiger partial charge in [0.2, 0.25) is 11.8 Å². The molecule has 9 nitrogen and oxygen atoms in total. The topological polar surface area (TPSA) is 117 Å². The fraction of sp³-hybridized carbons (Fsp3) is 0.423. The number of rotatable bonds is 8. The molecule has 2 N–H and O–H groups in total. The molecule has 1 aromatic carbocycles. The second-order valence-corrected chi connectivity index (χ2v) is 9.60. The third kappa shape index (κ3) is 5.34. The Hall–Kier alpha value is -3.75. The lowest BCUT2D eigenvalue weighted by Gasteiger charge is -2.30. The number of nitrogens with zero attached hydrogens (tertiary/aromatic N) is 3. The number of benzene rings is 1. The van der Waals surface area contributed by atoms with Crippen LogP contribution in [0.25, 0.3) is 10.9 Å². The number of anilines is 2. The van der Waals surface area contributed by atoms with Crippen molar-refractivity contribution in [3.8, 4) is 0 Å². The molecule has 1 fully saturated rings. The van der Waals surface area contributed by atoms with Crippen molar-refractivity contribution < 1.29 is 14.0 Å². The Morgan fingerprint density at radius 3 is 2.63 bits per heavy atom. The predicted octanol–water partition coefficient (Wildman–Crippen LogP) is 3.52. The maximum absolute atomic E-state index is 13.1. The van der Waals surface area contributed by atoms with E-state index in [4.69, 9.17) is 4.42 Å². The maximum atomic E-state index is 13.1. The summed E-state index contributed by atoms with van der Waals surface area (Å²) in [6.07, 6.45) is 5.20. The van der Waals surface area contributed by atoms with Crippen molar-refractivity contribution in [1.29, 1.82) is 0 Å². The van der Waals surface area contributed by atoms with Crippen LogP contribution >= 0.6 is 0 Å². The molecule has 0 radical (unpaired) electrons. The van der Waals surface area contributed by atoms with E-state index in [0.717, 1.165) is 25.0 Å². The number of aryl methyl sites for hydroxylation is 1. The SMILES string of the molecule is Cc1c(NC(=O)C2CCC2)ccc2nc(NC(C)(C)C(=O)N(C)CCc3ccccn3)oc(=O)c12. The van der Waals surface area contributed by atoms with E-state index >= 15 is 0 Å². The summed E-state index contributed by atoms with van der Waals surface area (Å²) in [5, 5.41) is 6.19. The third-order valence-electron chi connectivity index (χ3n) is 6.52. The Balaban J connectivity index is 1.48. The van der Waals surface area contributed by atoms with Gasteiger partial charge in [-0.15, -0.1) is 0 Å². The van der Waals surface area contributed by atoms with Crippen LogP contribution in [-0.2, 0) is 16.0 Å². The van der Waals surface area contributed by atoms with Gasteiger partial charge in [-0.2, -0.15) is 4.98 Å². The van der Waals surface area contributed by atoms with Gasteiger partial charge in [0.15, 0.2) is 0 Å². The number of amides is 2. The average Bonchev–Trinajstić information content (AvgIpc) is 2.77. The fourth-order valence-electron chi connectivity index (χ4n) is 4.14. The highest BCUT2D eigenvalue weighted by molar-refractivity contribution is 5.97. The maximum Gasteiger partial charge on any atom is 0.348 e. The summed E-state index contributed by atoms with van der Waals surface area (Å²) < 4.78 is 5.43. The van der Waals surface area contributed by atoms with Crippen molar-refractivity contribution >= 4 is 34.4 Å². The van der Waals surface area contributed by atoms with Crippen LogP contribution in [0.5, 0.6) is 0 Å². The molecule has 0 bridgehead atoms. The van der Waals surface area contributed by atoms with E-state index in [9.17, 15) is 14.4 Å². The van der Waals surface area contributed by atoms with E-state index in [2.05, 4.69) is 20.6 Å². The Bertz CT molecular complexity index is 1300. The van der Waals surface area contributed by atoms with Gasteiger partial charge in [0.1, 0.15) is 5.54 Å². The molecule has 1 saturated carbocycles. The minimum absolute atomic E-state index is 0.0261. The molecule has 0 atom stereocenters. The van der Waals surface area contributed by atoms with Crippen molar-refractivity contribution in [2.45, 2.75) is 52.0 Å². The molecular weight excluding hydrogens is 446 g/mol. The van der Waals surface area contributed by atoms with Crippen molar-refractivity contribution in [2.24, 2.45) is 5.92 Å². The first-order valence-electron chi connectivity index (χ1n) is 11.8. The molecule has 0 aliphatic heterocycles. The second-order valence-electron chi connectivity index (χ2n) is 9.60. The number of fused-ring (bicyclic) bond motifs is 1. The molecule has 1 aliphatic carbocycles. The average molecular weight is 478 g/mol. The van der Waals surface area contributed by atoms with Crippen molar-refractivity contribution in [2.75, 3.05) is 24.2 Å². The number of hydrogen-bond donors (Lipinski definition) is 2. The smallest absolute Gasteiger partial charge is 0.348 e. The monoisotopic (exact) mass is 477 g/mol. The highest BCUT2D eigenvalue weighted by Crippen LogP contribution is 2.29. The first-order chi connectivity index (χ1) is 16.7. The van der Waals surface area contributed by atoms with E-state index in [0.29, 0.717) is 35.1 Å². The first kappa shape index (κ1) is 24.4. The van der Waals surface area contributed by atoms with Crippen molar-refractivity contribution in [1.82, 2.24) is 14.9 Å². The van der Waals surface area contributed by atoms with Gasteiger partial charge in [0, 0.05) is 43.5 Å². The van der Waals surface area contributed by atoms with Crippen molar-refractivity contribution in [3.63, 3.8) is 0 Å². The highest BCUT2D eigenvalue weighted by Gasteiger charge is 2.32. The molecule has 0 saturated heterocycles. The summed E-state index contributed by atoms with van der Waals surface area (Å²) >= 11 is 0. The number of pyridine rings is 1. The van der Waals surface area contributed by atoms with Gasteiger partial charge in [-0.25, -0.2) is 4.79 Å². The Morgan fingerprint density at radius 1 is 1.20 bits per heavy atom. The molecule has 0 unspecified atom stereocenters. The first-order valence-corrected chi connectivity index (χ1v) is 11.8. The summed E-state index contributed by atoms with van der Waals surface area (Å²) in [4.78, 5) is 48.6. The molecule has 2 amide bonds. The highest BCUT2D eigenvalue weighted by atomic mass is 16.4. The van der Waals surface area contributed by atoms with Crippen LogP contribution in [0.1, 0.15) is 44.4 Å². The minimum atomic E-state index is -1.07. The molecular formula is C26H31N5O4. The predicted molar refractivity (Wildman–Crippen MR) is 134 cm³/mol. The quantitative estimate of drug-likeness (QED) is 0.510. The van der Waals surface area contributed by atoms with Crippen LogP contribution in [0.3, 0.4) is 0 Å². The van der Waals surface area contributed by atoms with Gasteiger partial charge >= 0.3 is 5.63 Å². The van der Waals surface area contributed by atoms with Crippen LogP contribution in [0, 0.1) is 12.8 Å².